The molecule has 0 bridgehead atoms. The monoisotopic (exact) mass is 429 g/mol. The van der Waals surface area contributed by atoms with Crippen molar-refractivity contribution in [2.45, 2.75) is 6.54 Å². The molecule has 1 amide bonds. The molecule has 0 aliphatic carbocycles. The predicted octanol–water partition coefficient (Wildman–Crippen LogP) is 5.83. The Balaban J connectivity index is 1.80. The van der Waals surface area contributed by atoms with Gasteiger partial charge in [0.15, 0.2) is 17.5 Å². The highest BCUT2D eigenvalue weighted by molar-refractivity contribution is 6.18. The normalized spacial score (nSPS) is 11.3. The highest BCUT2D eigenvalue weighted by atomic mass is 19.2. The second-order valence-corrected chi connectivity index (χ2v) is 7.54. The Morgan fingerprint density at radius 1 is 0.875 bits per heavy atom. The van der Waals surface area contributed by atoms with Crippen LogP contribution in [0.15, 0.2) is 72.8 Å². The van der Waals surface area contributed by atoms with Crippen molar-refractivity contribution in [1.29, 1.82) is 0 Å². The first-order valence-corrected chi connectivity index (χ1v) is 9.89. The van der Waals surface area contributed by atoms with Gasteiger partial charge in [0.2, 0.25) is 5.91 Å². The molecule has 2 N–H and O–H groups in total. The minimum absolute atomic E-state index is 0.0580. The van der Waals surface area contributed by atoms with Crippen LogP contribution >= 0.6 is 0 Å². The van der Waals surface area contributed by atoms with Crippen LogP contribution < -0.4 is 5.73 Å². The van der Waals surface area contributed by atoms with Crippen LogP contribution in [-0.4, -0.2) is 10.5 Å². The number of carbonyl (C=O) groups excluding carboxylic acids is 1. The molecular weight excluding hydrogens is 413 g/mol. The zero-order valence-corrected chi connectivity index (χ0v) is 16.7. The maximum atomic E-state index is 13.9. The van der Waals surface area contributed by atoms with Crippen LogP contribution in [0.25, 0.3) is 32.9 Å². The molecule has 4 aromatic carbocycles. The third-order valence-corrected chi connectivity index (χ3v) is 5.55. The minimum atomic E-state index is -1.51. The molecule has 0 atom stereocenters. The molecule has 0 fully saturated rings. The Morgan fingerprint density at radius 2 is 1.59 bits per heavy atom. The molecule has 0 aliphatic rings. The van der Waals surface area contributed by atoms with E-state index in [9.17, 15) is 18.0 Å². The van der Waals surface area contributed by atoms with Gasteiger partial charge in [-0.15, -0.1) is 0 Å². The average Bonchev–Trinajstić information content (AvgIpc) is 3.11. The highest BCUT2D eigenvalue weighted by Gasteiger charge is 2.19. The van der Waals surface area contributed by atoms with E-state index in [1.165, 1.54) is 0 Å². The molecule has 0 spiro atoms. The zero-order valence-electron chi connectivity index (χ0n) is 16.7. The SMILES string of the molecule is NC(=O)c1cccc2c1c1[c]cc(-c3ccccc3)cc1n2Cc1cc(F)c(F)c(F)c1. The van der Waals surface area contributed by atoms with Gasteiger partial charge in [-0.1, -0.05) is 36.4 Å². The first-order valence-electron chi connectivity index (χ1n) is 9.89. The summed E-state index contributed by atoms with van der Waals surface area (Å²) in [7, 11) is 0. The van der Waals surface area contributed by atoms with Crippen molar-refractivity contribution in [3.63, 3.8) is 0 Å². The van der Waals surface area contributed by atoms with Gasteiger partial charge in [-0.3, -0.25) is 4.79 Å². The lowest BCUT2D eigenvalue weighted by Crippen LogP contribution is -2.11. The molecule has 6 heteroatoms. The Hall–Kier alpha value is -4.06. The van der Waals surface area contributed by atoms with Crippen LogP contribution in [0.3, 0.4) is 0 Å². The van der Waals surface area contributed by atoms with E-state index in [0.717, 1.165) is 23.3 Å². The van der Waals surface area contributed by atoms with Crippen LogP contribution in [0.1, 0.15) is 15.9 Å². The molecule has 1 aromatic heterocycles. The summed E-state index contributed by atoms with van der Waals surface area (Å²) in [4.78, 5) is 12.1. The topological polar surface area (TPSA) is 48.0 Å². The van der Waals surface area contributed by atoms with E-state index in [-0.39, 0.29) is 12.1 Å². The number of fused-ring (bicyclic) bond motifs is 3. The molecule has 5 rings (SSSR count). The van der Waals surface area contributed by atoms with E-state index in [1.54, 1.807) is 18.2 Å². The standard InChI is InChI=1S/C26H16F3N2O/c27-20-11-15(12-21(28)25(20)29)14-31-22-8-4-7-19(26(30)32)24(22)18-10-9-17(13-23(18)31)16-5-2-1-3-6-16/h1-9,11-13H,14H2,(H2,30,32). The average molecular weight is 429 g/mol. The second kappa shape index (κ2) is 7.57. The van der Waals surface area contributed by atoms with Crippen molar-refractivity contribution in [2.75, 3.05) is 0 Å². The fraction of sp³-hybridized carbons (Fsp3) is 0.0385. The van der Waals surface area contributed by atoms with Gasteiger partial charge < -0.3 is 10.3 Å². The van der Waals surface area contributed by atoms with Crippen molar-refractivity contribution >= 4 is 27.7 Å². The van der Waals surface area contributed by atoms with Gasteiger partial charge in [-0.2, -0.15) is 0 Å². The van der Waals surface area contributed by atoms with Gasteiger partial charge in [0.25, 0.3) is 0 Å². The molecule has 0 unspecified atom stereocenters. The molecule has 0 saturated carbocycles. The highest BCUT2D eigenvalue weighted by Crippen LogP contribution is 2.35. The fourth-order valence-corrected chi connectivity index (χ4v) is 4.11. The number of primary amides is 1. The number of nitrogens with two attached hydrogens (primary N) is 1. The number of carbonyl (C=O) groups is 1. The molecular formula is C26H16F3N2O. The first-order chi connectivity index (χ1) is 15.4. The molecule has 5 aromatic rings. The number of halogens is 3. The summed E-state index contributed by atoms with van der Waals surface area (Å²) in [6.07, 6.45) is 0. The van der Waals surface area contributed by atoms with Gasteiger partial charge in [-0.25, -0.2) is 13.2 Å². The summed E-state index contributed by atoms with van der Waals surface area (Å²) >= 11 is 0. The third kappa shape index (κ3) is 3.21. The van der Waals surface area contributed by atoms with Gasteiger partial charge in [-0.05, 0) is 59.2 Å². The number of amides is 1. The molecule has 157 valence electrons. The summed E-state index contributed by atoms with van der Waals surface area (Å²) in [5, 5.41) is 1.27. The van der Waals surface area contributed by atoms with Crippen LogP contribution in [0.5, 0.6) is 0 Å². The maximum Gasteiger partial charge on any atom is 0.249 e. The minimum Gasteiger partial charge on any atom is -0.366 e. The lowest BCUT2D eigenvalue weighted by Gasteiger charge is -2.10. The van der Waals surface area contributed by atoms with Crippen LogP contribution in [0, 0.1) is 23.5 Å². The molecule has 1 heterocycles. The predicted molar refractivity (Wildman–Crippen MR) is 118 cm³/mol. The van der Waals surface area contributed by atoms with Crippen molar-refractivity contribution in [2.24, 2.45) is 5.73 Å². The molecule has 3 nitrogen and oxygen atoms in total. The van der Waals surface area contributed by atoms with Gasteiger partial charge in [0.1, 0.15) is 0 Å². The molecule has 0 saturated heterocycles. The van der Waals surface area contributed by atoms with Gasteiger partial charge in [0.05, 0.1) is 11.0 Å². The van der Waals surface area contributed by atoms with E-state index in [1.807, 2.05) is 47.0 Å². The van der Waals surface area contributed by atoms with Crippen molar-refractivity contribution in [3.05, 3.63) is 107 Å². The summed E-state index contributed by atoms with van der Waals surface area (Å²) in [5.74, 6) is -4.61. The molecule has 32 heavy (non-hydrogen) atoms. The number of benzene rings is 4. The Kier molecular flexibility index (Phi) is 4.70. The van der Waals surface area contributed by atoms with E-state index in [2.05, 4.69) is 6.07 Å². The molecule has 0 aliphatic heterocycles. The number of aromatic nitrogens is 1. The lowest BCUT2D eigenvalue weighted by atomic mass is 10.0. The summed E-state index contributed by atoms with van der Waals surface area (Å²) in [5.41, 5.74) is 9.40. The van der Waals surface area contributed by atoms with Crippen molar-refractivity contribution in [3.8, 4) is 11.1 Å². The summed E-state index contributed by atoms with van der Waals surface area (Å²) in [6.45, 7) is 0.0580. The van der Waals surface area contributed by atoms with Gasteiger partial charge in [0, 0.05) is 22.9 Å². The quantitative estimate of drug-likeness (QED) is 0.359. The van der Waals surface area contributed by atoms with Gasteiger partial charge >= 0.3 is 0 Å². The van der Waals surface area contributed by atoms with Crippen molar-refractivity contribution < 1.29 is 18.0 Å². The second-order valence-electron chi connectivity index (χ2n) is 7.54. The number of nitrogens with zero attached hydrogens (tertiary/aromatic N) is 1. The summed E-state index contributed by atoms with van der Waals surface area (Å²) in [6, 6.07) is 23.8. The molecule has 1 radical (unpaired) electrons. The number of hydrogen-bond donors (Lipinski definition) is 1. The summed E-state index contributed by atoms with van der Waals surface area (Å²) < 4.78 is 43.0. The smallest absolute Gasteiger partial charge is 0.249 e. The number of rotatable bonds is 4. The number of hydrogen-bond acceptors (Lipinski definition) is 1. The van der Waals surface area contributed by atoms with Crippen LogP contribution in [0.4, 0.5) is 13.2 Å². The largest absolute Gasteiger partial charge is 0.366 e. The third-order valence-electron chi connectivity index (χ3n) is 5.55. The van der Waals surface area contributed by atoms with Crippen LogP contribution in [-0.2, 0) is 6.54 Å². The fourth-order valence-electron chi connectivity index (χ4n) is 4.11. The Morgan fingerprint density at radius 3 is 2.28 bits per heavy atom. The van der Waals surface area contributed by atoms with Crippen LogP contribution in [0.2, 0.25) is 0 Å². The van der Waals surface area contributed by atoms with E-state index in [4.69, 9.17) is 5.73 Å². The maximum absolute atomic E-state index is 13.9. The van der Waals surface area contributed by atoms with E-state index >= 15 is 0 Å². The zero-order chi connectivity index (χ0) is 22.4. The van der Waals surface area contributed by atoms with Crippen molar-refractivity contribution in [1.82, 2.24) is 4.57 Å². The Labute approximate surface area is 181 Å². The van der Waals surface area contributed by atoms with E-state index < -0.39 is 23.4 Å². The van der Waals surface area contributed by atoms with E-state index in [0.29, 0.717) is 27.4 Å². The first kappa shape index (κ1) is 19.9. The lowest BCUT2D eigenvalue weighted by molar-refractivity contribution is 0.100. The Bertz CT molecular complexity index is 1480.